The van der Waals surface area contributed by atoms with Crippen LogP contribution in [0, 0.1) is 0 Å². The first-order valence-electron chi connectivity index (χ1n) is 3.02. The van der Waals surface area contributed by atoms with Crippen molar-refractivity contribution in [1.82, 2.24) is 5.48 Å². The van der Waals surface area contributed by atoms with Crippen molar-refractivity contribution in [2.45, 2.75) is 19.8 Å². The molecule has 0 aromatic heterocycles. The Morgan fingerprint density at radius 3 is 2.60 bits per heavy atom. The zero-order valence-electron chi connectivity index (χ0n) is 6.13. The highest BCUT2D eigenvalue weighted by Gasteiger charge is 1.80. The van der Waals surface area contributed by atoms with E-state index in [1.165, 1.54) is 0 Å². The van der Waals surface area contributed by atoms with Gasteiger partial charge in [-0.05, 0) is 6.42 Å². The molecule has 0 amide bonds. The van der Waals surface area contributed by atoms with E-state index in [0.29, 0.717) is 6.47 Å². The number of carbonyl (C=O) groups excluding carboxylic acids is 2. The minimum atomic E-state index is 0.385. The molecule has 10 heavy (non-hydrogen) atoms. The number of hydrogen-bond acceptors (Lipinski definition) is 4. The second-order valence-corrected chi connectivity index (χ2v) is 1.46. The summed E-state index contributed by atoms with van der Waals surface area (Å²) in [5.41, 5.74) is 2.47. The van der Waals surface area contributed by atoms with Crippen LogP contribution < -0.4 is 5.48 Å². The molecule has 0 radical (unpaired) electrons. The molecule has 0 spiro atoms. The molecule has 0 bridgehead atoms. The SMILES string of the molecule is C=O.CCCCNOC=O. The Bertz CT molecular complexity index is 68.0. The van der Waals surface area contributed by atoms with Crippen LogP contribution in [0.5, 0.6) is 0 Å². The van der Waals surface area contributed by atoms with Crippen molar-refractivity contribution >= 4 is 13.3 Å². The van der Waals surface area contributed by atoms with Gasteiger partial charge in [0.1, 0.15) is 6.79 Å². The van der Waals surface area contributed by atoms with Gasteiger partial charge >= 0.3 is 6.47 Å². The molecule has 0 saturated carbocycles. The minimum absolute atomic E-state index is 0.385. The van der Waals surface area contributed by atoms with Gasteiger partial charge in [-0.3, -0.25) is 4.79 Å². The van der Waals surface area contributed by atoms with Crippen LogP contribution >= 0.6 is 0 Å². The van der Waals surface area contributed by atoms with Crippen molar-refractivity contribution in [2.24, 2.45) is 0 Å². The van der Waals surface area contributed by atoms with E-state index in [-0.39, 0.29) is 0 Å². The Labute approximate surface area is 60.5 Å². The fourth-order valence-corrected chi connectivity index (χ4v) is 0.342. The average Bonchev–Trinajstić information content (AvgIpc) is 2.02. The van der Waals surface area contributed by atoms with Crippen LogP contribution in [-0.2, 0) is 14.4 Å². The van der Waals surface area contributed by atoms with Crippen LogP contribution in [0.15, 0.2) is 0 Å². The molecule has 4 nitrogen and oxygen atoms in total. The first-order valence-corrected chi connectivity index (χ1v) is 3.02. The van der Waals surface area contributed by atoms with Crippen LogP contribution in [0.1, 0.15) is 19.8 Å². The second kappa shape index (κ2) is 15.7. The zero-order valence-corrected chi connectivity index (χ0v) is 6.13. The van der Waals surface area contributed by atoms with Gasteiger partial charge in [-0.25, -0.2) is 0 Å². The molecule has 0 aliphatic carbocycles. The highest BCUT2D eigenvalue weighted by molar-refractivity contribution is 5.36. The standard InChI is InChI=1S/C5H11NO2.CH2O/c1-2-3-4-6-8-5-7;1-2/h5-6H,2-4H2,1H3;1H2. The summed E-state index contributed by atoms with van der Waals surface area (Å²) in [4.78, 5) is 21.7. The van der Waals surface area contributed by atoms with Crippen LogP contribution in [0.3, 0.4) is 0 Å². The van der Waals surface area contributed by atoms with E-state index in [0.717, 1.165) is 19.4 Å². The van der Waals surface area contributed by atoms with Crippen molar-refractivity contribution < 1.29 is 14.4 Å². The van der Waals surface area contributed by atoms with E-state index >= 15 is 0 Å². The molecular formula is C6H13NO3. The summed E-state index contributed by atoms with van der Waals surface area (Å²) in [6.07, 6.45) is 2.14. The molecule has 0 aromatic carbocycles. The molecule has 0 fully saturated rings. The van der Waals surface area contributed by atoms with E-state index in [2.05, 4.69) is 17.2 Å². The Morgan fingerprint density at radius 1 is 1.60 bits per heavy atom. The van der Waals surface area contributed by atoms with Gasteiger partial charge in [0.05, 0.1) is 0 Å². The van der Waals surface area contributed by atoms with Gasteiger partial charge in [0.15, 0.2) is 0 Å². The van der Waals surface area contributed by atoms with E-state index in [9.17, 15) is 4.79 Å². The second-order valence-electron chi connectivity index (χ2n) is 1.46. The number of nitrogens with one attached hydrogen (secondary N) is 1. The average molecular weight is 147 g/mol. The predicted octanol–water partition coefficient (Wildman–Crippen LogP) is 0.279. The summed E-state index contributed by atoms with van der Waals surface area (Å²) >= 11 is 0. The summed E-state index contributed by atoms with van der Waals surface area (Å²) in [6.45, 7) is 5.20. The largest absolute Gasteiger partial charge is 0.374 e. The third kappa shape index (κ3) is 15.7. The van der Waals surface area contributed by atoms with Gasteiger partial charge < -0.3 is 9.63 Å². The van der Waals surface area contributed by atoms with Gasteiger partial charge in [-0.1, -0.05) is 13.3 Å². The van der Waals surface area contributed by atoms with E-state index in [1.54, 1.807) is 0 Å². The van der Waals surface area contributed by atoms with E-state index < -0.39 is 0 Å². The molecule has 1 N–H and O–H groups in total. The molecule has 60 valence electrons. The summed E-state index contributed by atoms with van der Waals surface area (Å²) < 4.78 is 0. The maximum Gasteiger partial charge on any atom is 0.312 e. The molecule has 0 aliphatic heterocycles. The Kier molecular flexibility index (Phi) is 18.6. The molecule has 4 heteroatoms. The fraction of sp³-hybridized carbons (Fsp3) is 0.667. The lowest BCUT2D eigenvalue weighted by atomic mass is 10.3. The fourth-order valence-electron chi connectivity index (χ4n) is 0.342. The quantitative estimate of drug-likeness (QED) is 0.345. The lowest BCUT2D eigenvalue weighted by Gasteiger charge is -1.95. The Balaban J connectivity index is 0. The molecule has 0 aliphatic rings. The van der Waals surface area contributed by atoms with Crippen LogP contribution in [-0.4, -0.2) is 19.8 Å². The van der Waals surface area contributed by atoms with Gasteiger partial charge in [-0.15, -0.1) is 0 Å². The molecular weight excluding hydrogens is 134 g/mol. The number of hydrogen-bond donors (Lipinski definition) is 1. The molecule has 0 rings (SSSR count). The molecule has 0 saturated heterocycles. The third-order valence-electron chi connectivity index (χ3n) is 0.764. The normalized spacial score (nSPS) is 7.30. The summed E-state index contributed by atoms with van der Waals surface area (Å²) in [5.74, 6) is 0. The van der Waals surface area contributed by atoms with Gasteiger partial charge in [0, 0.05) is 6.54 Å². The zero-order chi connectivity index (χ0) is 8.24. The molecule has 0 aromatic rings. The van der Waals surface area contributed by atoms with Crippen molar-refractivity contribution in [3.63, 3.8) is 0 Å². The summed E-state index contributed by atoms with van der Waals surface area (Å²) in [7, 11) is 0. The Morgan fingerprint density at radius 2 is 2.20 bits per heavy atom. The van der Waals surface area contributed by atoms with Crippen molar-refractivity contribution in [2.75, 3.05) is 6.54 Å². The van der Waals surface area contributed by atoms with Crippen LogP contribution in [0.4, 0.5) is 0 Å². The first-order chi connectivity index (χ1) is 4.91. The molecule has 0 heterocycles. The van der Waals surface area contributed by atoms with Gasteiger partial charge in [0.2, 0.25) is 0 Å². The molecule has 0 atom stereocenters. The maximum atomic E-state index is 9.48. The minimum Gasteiger partial charge on any atom is -0.374 e. The van der Waals surface area contributed by atoms with Crippen molar-refractivity contribution in [1.29, 1.82) is 0 Å². The number of unbranched alkanes of at least 4 members (excludes halogenated alkanes) is 1. The monoisotopic (exact) mass is 147 g/mol. The first kappa shape index (κ1) is 11.8. The van der Waals surface area contributed by atoms with Crippen LogP contribution in [0.25, 0.3) is 0 Å². The lowest BCUT2D eigenvalue weighted by molar-refractivity contribution is -0.135. The van der Waals surface area contributed by atoms with Crippen molar-refractivity contribution in [3.8, 4) is 0 Å². The van der Waals surface area contributed by atoms with Gasteiger partial charge in [-0.2, -0.15) is 5.48 Å². The van der Waals surface area contributed by atoms with Gasteiger partial charge in [0.25, 0.3) is 0 Å². The van der Waals surface area contributed by atoms with Crippen LogP contribution in [0.2, 0.25) is 0 Å². The maximum absolute atomic E-state index is 9.48. The number of rotatable bonds is 5. The summed E-state index contributed by atoms with van der Waals surface area (Å²) in [6, 6.07) is 0. The van der Waals surface area contributed by atoms with E-state index in [4.69, 9.17) is 4.79 Å². The highest BCUT2D eigenvalue weighted by atomic mass is 16.7. The summed E-state index contributed by atoms with van der Waals surface area (Å²) in [5, 5.41) is 0. The topological polar surface area (TPSA) is 55.4 Å². The Hall–Kier alpha value is -0.900. The number of hydroxylamine groups is 1. The van der Waals surface area contributed by atoms with Crippen molar-refractivity contribution in [3.05, 3.63) is 0 Å². The molecule has 0 unspecified atom stereocenters. The third-order valence-corrected chi connectivity index (χ3v) is 0.764. The smallest absolute Gasteiger partial charge is 0.312 e. The van der Waals surface area contributed by atoms with E-state index in [1.807, 2.05) is 6.79 Å². The number of carbonyl (C=O) groups is 2. The highest BCUT2D eigenvalue weighted by Crippen LogP contribution is 1.80. The lowest BCUT2D eigenvalue weighted by Crippen LogP contribution is -2.14. The predicted molar refractivity (Wildman–Crippen MR) is 37.2 cm³/mol.